The summed E-state index contributed by atoms with van der Waals surface area (Å²) in [5.74, 6) is 2.27. The second-order valence-corrected chi connectivity index (χ2v) is 10.2. The van der Waals surface area contributed by atoms with Crippen LogP contribution in [0.4, 0.5) is 0 Å². The molecular formula is C13H25NO3S2. The lowest BCUT2D eigenvalue weighted by molar-refractivity contribution is -0.0702. The zero-order chi connectivity index (χ0) is 14.1. The van der Waals surface area contributed by atoms with Crippen LogP contribution in [0.5, 0.6) is 0 Å². The average Bonchev–Trinajstić information content (AvgIpc) is 2.73. The quantitative estimate of drug-likeness (QED) is 0.852. The molecule has 0 radical (unpaired) electrons. The van der Waals surface area contributed by atoms with Crippen molar-refractivity contribution in [1.82, 2.24) is 5.32 Å². The summed E-state index contributed by atoms with van der Waals surface area (Å²) in [6, 6.07) is 0.383. The first-order chi connectivity index (χ1) is 8.74. The van der Waals surface area contributed by atoms with Gasteiger partial charge >= 0.3 is 0 Å². The van der Waals surface area contributed by atoms with Gasteiger partial charge in [0.25, 0.3) is 0 Å². The highest BCUT2D eigenvalue weighted by Gasteiger charge is 2.41. The van der Waals surface area contributed by atoms with Crippen molar-refractivity contribution in [2.75, 3.05) is 30.9 Å². The predicted octanol–water partition coefficient (Wildman–Crippen LogP) is 1.45. The highest BCUT2D eigenvalue weighted by molar-refractivity contribution is 7.99. The monoisotopic (exact) mass is 307 g/mol. The van der Waals surface area contributed by atoms with Crippen LogP contribution in [0, 0.1) is 0 Å². The lowest BCUT2D eigenvalue weighted by Gasteiger charge is -2.39. The van der Waals surface area contributed by atoms with Crippen molar-refractivity contribution in [3.63, 3.8) is 0 Å². The summed E-state index contributed by atoms with van der Waals surface area (Å²) in [5, 5.41) is 3.45. The van der Waals surface area contributed by atoms with Gasteiger partial charge in [0.15, 0.2) is 9.84 Å². The highest BCUT2D eigenvalue weighted by atomic mass is 32.2. The Hall–Kier alpha value is 0.220. The first kappa shape index (κ1) is 15.6. The van der Waals surface area contributed by atoms with Gasteiger partial charge in [-0.25, -0.2) is 8.42 Å². The molecule has 2 fully saturated rings. The molecule has 0 aliphatic carbocycles. The summed E-state index contributed by atoms with van der Waals surface area (Å²) in [6.07, 6.45) is 4.44. The van der Waals surface area contributed by atoms with Gasteiger partial charge in [0.05, 0.1) is 10.3 Å². The number of hydrogen-bond acceptors (Lipinski definition) is 5. The second-order valence-electron chi connectivity index (χ2n) is 6.44. The molecule has 19 heavy (non-hydrogen) atoms. The maximum Gasteiger partial charge on any atom is 0.153 e. The Morgan fingerprint density at radius 2 is 2.21 bits per heavy atom. The van der Waals surface area contributed by atoms with Crippen LogP contribution < -0.4 is 5.32 Å². The van der Waals surface area contributed by atoms with Crippen LogP contribution in [-0.2, 0) is 14.6 Å². The van der Waals surface area contributed by atoms with E-state index in [1.54, 1.807) is 13.8 Å². The topological polar surface area (TPSA) is 55.4 Å². The minimum absolute atomic E-state index is 0.0514. The molecule has 1 N–H and O–H groups in total. The zero-order valence-corrected chi connectivity index (χ0v) is 13.7. The Morgan fingerprint density at radius 3 is 2.79 bits per heavy atom. The van der Waals surface area contributed by atoms with Gasteiger partial charge in [-0.2, -0.15) is 11.8 Å². The fraction of sp³-hybridized carbons (Fsp3) is 1.00. The molecule has 0 bridgehead atoms. The molecule has 2 rings (SSSR count). The molecule has 0 amide bonds. The molecule has 2 atom stereocenters. The Kier molecular flexibility index (Phi) is 4.55. The van der Waals surface area contributed by atoms with E-state index in [9.17, 15) is 8.42 Å². The number of rotatable bonds is 4. The van der Waals surface area contributed by atoms with E-state index in [-0.39, 0.29) is 5.60 Å². The van der Waals surface area contributed by atoms with Crippen molar-refractivity contribution in [2.45, 2.75) is 49.5 Å². The van der Waals surface area contributed by atoms with E-state index in [1.165, 1.54) is 12.0 Å². The molecule has 0 saturated carbocycles. The molecule has 6 heteroatoms. The van der Waals surface area contributed by atoms with E-state index in [1.807, 2.05) is 11.8 Å². The van der Waals surface area contributed by atoms with Crippen molar-refractivity contribution in [2.24, 2.45) is 0 Å². The summed E-state index contributed by atoms with van der Waals surface area (Å²) >= 11 is 1.96. The summed E-state index contributed by atoms with van der Waals surface area (Å²) in [4.78, 5) is 0. The maximum absolute atomic E-state index is 11.7. The minimum atomic E-state index is -3.03. The van der Waals surface area contributed by atoms with Gasteiger partial charge in [0, 0.05) is 31.2 Å². The summed E-state index contributed by atoms with van der Waals surface area (Å²) in [5.41, 5.74) is 0.0514. The van der Waals surface area contributed by atoms with Crippen LogP contribution in [0.15, 0.2) is 0 Å². The number of hydrogen-bond donors (Lipinski definition) is 1. The molecule has 2 heterocycles. The molecular weight excluding hydrogens is 282 g/mol. The molecule has 2 unspecified atom stereocenters. The molecule has 0 aromatic rings. The van der Waals surface area contributed by atoms with Gasteiger partial charge < -0.3 is 10.1 Å². The minimum Gasteiger partial charge on any atom is -0.374 e. The number of ether oxygens (including phenoxy) is 1. The Balaban J connectivity index is 1.90. The highest BCUT2D eigenvalue weighted by Crippen LogP contribution is 2.38. The first-order valence-corrected chi connectivity index (χ1v) is 9.93. The van der Waals surface area contributed by atoms with Gasteiger partial charge in [-0.3, -0.25) is 0 Å². The Labute approximate surface area is 121 Å². The standard InChI is InChI=1S/C13H25NO3S2/c1-12(2,19(3,15)16)9-14-11-4-6-17-13(8-11)5-7-18-10-13/h11,14H,4-10H2,1-3H3. The largest absolute Gasteiger partial charge is 0.374 e. The van der Waals surface area contributed by atoms with Crippen LogP contribution in [0.2, 0.25) is 0 Å². The SMILES string of the molecule is CC(C)(CNC1CCOC2(CCSC2)C1)S(C)(=O)=O. The Morgan fingerprint density at radius 1 is 1.47 bits per heavy atom. The zero-order valence-electron chi connectivity index (χ0n) is 12.1. The third-order valence-electron chi connectivity index (χ3n) is 4.38. The van der Waals surface area contributed by atoms with Crippen LogP contribution in [0.1, 0.15) is 33.1 Å². The predicted molar refractivity (Wildman–Crippen MR) is 80.6 cm³/mol. The van der Waals surface area contributed by atoms with Crippen molar-refractivity contribution >= 4 is 21.6 Å². The fourth-order valence-corrected chi connectivity index (χ4v) is 4.31. The van der Waals surface area contributed by atoms with E-state index in [4.69, 9.17) is 4.74 Å². The van der Waals surface area contributed by atoms with Gasteiger partial charge in [-0.1, -0.05) is 0 Å². The third-order valence-corrected chi connectivity index (χ3v) is 7.76. The average molecular weight is 307 g/mol. The fourth-order valence-electron chi connectivity index (χ4n) is 2.59. The van der Waals surface area contributed by atoms with Crippen LogP contribution in [0.3, 0.4) is 0 Å². The lowest BCUT2D eigenvalue weighted by atomic mass is 9.89. The van der Waals surface area contributed by atoms with E-state index >= 15 is 0 Å². The number of thioether (sulfide) groups is 1. The van der Waals surface area contributed by atoms with Gasteiger partial charge in [-0.05, 0) is 38.9 Å². The Bertz CT molecular complexity index is 414. The van der Waals surface area contributed by atoms with Crippen LogP contribution in [-0.4, -0.2) is 55.7 Å². The molecule has 4 nitrogen and oxygen atoms in total. The summed E-state index contributed by atoms with van der Waals surface area (Å²) in [6.45, 7) is 4.88. The van der Waals surface area contributed by atoms with E-state index in [0.717, 1.165) is 31.6 Å². The summed E-state index contributed by atoms with van der Waals surface area (Å²) < 4.78 is 28.7. The van der Waals surface area contributed by atoms with Crippen LogP contribution in [0.25, 0.3) is 0 Å². The molecule has 2 saturated heterocycles. The molecule has 112 valence electrons. The third kappa shape index (κ3) is 3.65. The molecule has 2 aliphatic rings. The van der Waals surface area contributed by atoms with Gasteiger partial charge in [0.2, 0.25) is 0 Å². The maximum atomic E-state index is 11.7. The van der Waals surface area contributed by atoms with Gasteiger partial charge in [-0.15, -0.1) is 0 Å². The van der Waals surface area contributed by atoms with Crippen molar-refractivity contribution in [1.29, 1.82) is 0 Å². The first-order valence-electron chi connectivity index (χ1n) is 6.89. The van der Waals surface area contributed by atoms with Crippen LogP contribution >= 0.6 is 11.8 Å². The van der Waals surface area contributed by atoms with Crippen molar-refractivity contribution in [3.05, 3.63) is 0 Å². The number of sulfone groups is 1. The molecule has 2 aliphatic heterocycles. The van der Waals surface area contributed by atoms with Crippen molar-refractivity contribution < 1.29 is 13.2 Å². The smallest absolute Gasteiger partial charge is 0.153 e. The second kappa shape index (κ2) is 5.54. The molecule has 0 aromatic carbocycles. The summed E-state index contributed by atoms with van der Waals surface area (Å²) in [7, 11) is -3.03. The normalized spacial score (nSPS) is 32.9. The van der Waals surface area contributed by atoms with E-state index in [2.05, 4.69) is 5.32 Å². The van der Waals surface area contributed by atoms with E-state index in [0.29, 0.717) is 12.6 Å². The molecule has 0 aromatic heterocycles. The number of nitrogens with one attached hydrogen (secondary N) is 1. The molecule has 1 spiro atoms. The van der Waals surface area contributed by atoms with Crippen molar-refractivity contribution in [3.8, 4) is 0 Å². The lowest BCUT2D eigenvalue weighted by Crippen LogP contribution is -2.51. The van der Waals surface area contributed by atoms with Gasteiger partial charge in [0.1, 0.15) is 0 Å². The van der Waals surface area contributed by atoms with E-state index < -0.39 is 14.6 Å².